The lowest BCUT2D eigenvalue weighted by Gasteiger charge is -2.05. The van der Waals surface area contributed by atoms with Gasteiger partial charge in [0.15, 0.2) is 0 Å². The molecule has 0 atom stereocenters. The second-order valence-electron chi connectivity index (χ2n) is 2.82. The molecular formula is C10H12O4. The minimum Gasteiger partial charge on any atom is -0.508 e. The maximum Gasteiger partial charge on any atom is 0.302 e. The van der Waals surface area contributed by atoms with E-state index < -0.39 is 0 Å². The highest BCUT2D eigenvalue weighted by Gasteiger charge is 2.01. The van der Waals surface area contributed by atoms with Crippen molar-refractivity contribution in [3.8, 4) is 11.5 Å². The molecule has 4 nitrogen and oxygen atoms in total. The Morgan fingerprint density at radius 2 is 2.14 bits per heavy atom. The summed E-state index contributed by atoms with van der Waals surface area (Å²) in [4.78, 5) is 10.5. The normalized spacial score (nSPS) is 9.57. The van der Waals surface area contributed by atoms with Gasteiger partial charge in [0.2, 0.25) is 0 Å². The van der Waals surface area contributed by atoms with Gasteiger partial charge in [0.25, 0.3) is 0 Å². The third kappa shape index (κ3) is 2.97. The van der Waals surface area contributed by atoms with Gasteiger partial charge < -0.3 is 14.6 Å². The van der Waals surface area contributed by atoms with Crippen LogP contribution in [0.2, 0.25) is 0 Å². The fourth-order valence-corrected chi connectivity index (χ4v) is 1.03. The number of aromatic hydroxyl groups is 1. The number of phenols is 1. The Kier molecular flexibility index (Phi) is 3.34. The summed E-state index contributed by atoms with van der Waals surface area (Å²) in [5.41, 5.74) is 0.692. The van der Waals surface area contributed by atoms with E-state index in [0.29, 0.717) is 11.3 Å². The standard InChI is InChI=1S/C10H12O4/c1-7(11)14-6-8-3-9(12)5-10(4-8)13-2/h3-5,12H,6H2,1-2H3. The largest absolute Gasteiger partial charge is 0.508 e. The first-order valence-corrected chi connectivity index (χ1v) is 4.12. The Balaban J connectivity index is 2.76. The molecule has 0 bridgehead atoms. The maximum absolute atomic E-state index is 10.5. The van der Waals surface area contributed by atoms with Gasteiger partial charge in [-0.25, -0.2) is 0 Å². The van der Waals surface area contributed by atoms with E-state index in [2.05, 4.69) is 0 Å². The Bertz CT molecular complexity index is 333. The van der Waals surface area contributed by atoms with Crippen LogP contribution in [0, 0.1) is 0 Å². The molecule has 0 saturated carbocycles. The van der Waals surface area contributed by atoms with Crippen LogP contribution < -0.4 is 4.74 Å². The Labute approximate surface area is 82.1 Å². The number of phenolic OH excluding ortho intramolecular Hbond substituents is 1. The summed E-state index contributed by atoms with van der Waals surface area (Å²) in [6, 6.07) is 4.70. The molecule has 1 rings (SSSR count). The molecule has 0 aliphatic carbocycles. The minimum absolute atomic E-state index is 0.0894. The molecule has 1 aromatic carbocycles. The maximum atomic E-state index is 10.5. The van der Waals surface area contributed by atoms with Crippen molar-refractivity contribution in [3.63, 3.8) is 0 Å². The highest BCUT2D eigenvalue weighted by molar-refractivity contribution is 5.65. The van der Waals surface area contributed by atoms with Crippen LogP contribution in [0.3, 0.4) is 0 Å². The second kappa shape index (κ2) is 4.50. The van der Waals surface area contributed by atoms with Gasteiger partial charge in [-0.1, -0.05) is 0 Å². The van der Waals surface area contributed by atoms with E-state index in [1.54, 1.807) is 6.07 Å². The number of esters is 1. The number of ether oxygens (including phenoxy) is 2. The molecule has 0 radical (unpaired) electrons. The molecule has 1 aromatic rings. The number of methoxy groups -OCH3 is 1. The van der Waals surface area contributed by atoms with Crippen molar-refractivity contribution in [2.24, 2.45) is 0 Å². The van der Waals surface area contributed by atoms with Crippen molar-refractivity contribution in [2.75, 3.05) is 7.11 Å². The highest BCUT2D eigenvalue weighted by Crippen LogP contribution is 2.21. The average Bonchev–Trinajstić information content (AvgIpc) is 2.14. The fourth-order valence-electron chi connectivity index (χ4n) is 1.03. The fraction of sp³-hybridized carbons (Fsp3) is 0.300. The molecule has 0 heterocycles. The van der Waals surface area contributed by atoms with Gasteiger partial charge in [-0.2, -0.15) is 0 Å². The monoisotopic (exact) mass is 196 g/mol. The summed E-state index contributed by atoms with van der Waals surface area (Å²) in [7, 11) is 1.50. The topological polar surface area (TPSA) is 55.8 Å². The number of carbonyl (C=O) groups is 1. The van der Waals surface area contributed by atoms with E-state index in [1.165, 1.54) is 26.2 Å². The van der Waals surface area contributed by atoms with Gasteiger partial charge in [-0.05, 0) is 17.7 Å². The quantitative estimate of drug-likeness (QED) is 0.743. The van der Waals surface area contributed by atoms with E-state index in [0.717, 1.165) is 0 Å². The Morgan fingerprint density at radius 3 is 2.71 bits per heavy atom. The summed E-state index contributed by atoms with van der Waals surface area (Å²) in [5, 5.41) is 9.27. The van der Waals surface area contributed by atoms with Gasteiger partial charge >= 0.3 is 5.97 Å². The Morgan fingerprint density at radius 1 is 1.43 bits per heavy atom. The molecule has 0 unspecified atom stereocenters. The molecule has 14 heavy (non-hydrogen) atoms. The molecule has 4 heteroatoms. The summed E-state index contributed by atoms with van der Waals surface area (Å²) in [6.45, 7) is 1.47. The minimum atomic E-state index is -0.354. The number of carbonyl (C=O) groups excluding carboxylic acids is 1. The zero-order chi connectivity index (χ0) is 10.6. The number of benzene rings is 1. The van der Waals surface area contributed by atoms with Crippen molar-refractivity contribution in [3.05, 3.63) is 23.8 Å². The molecule has 0 amide bonds. The van der Waals surface area contributed by atoms with Crippen LogP contribution in [0.5, 0.6) is 11.5 Å². The number of hydrogen-bond donors (Lipinski definition) is 1. The summed E-state index contributed by atoms with van der Waals surface area (Å²) >= 11 is 0. The molecule has 0 saturated heterocycles. The van der Waals surface area contributed by atoms with E-state index in [-0.39, 0.29) is 18.3 Å². The third-order valence-corrected chi connectivity index (χ3v) is 1.63. The second-order valence-corrected chi connectivity index (χ2v) is 2.82. The van der Waals surface area contributed by atoms with Crippen molar-refractivity contribution in [2.45, 2.75) is 13.5 Å². The lowest BCUT2D eigenvalue weighted by atomic mass is 10.2. The summed E-state index contributed by atoms with van der Waals surface area (Å²) in [5.74, 6) is 0.269. The molecule has 0 aromatic heterocycles. The lowest BCUT2D eigenvalue weighted by molar-refractivity contribution is -0.142. The van der Waals surface area contributed by atoms with Crippen LogP contribution >= 0.6 is 0 Å². The first-order chi connectivity index (χ1) is 6.61. The van der Waals surface area contributed by atoms with E-state index in [4.69, 9.17) is 9.47 Å². The lowest BCUT2D eigenvalue weighted by Crippen LogP contribution is -1.98. The van der Waals surface area contributed by atoms with Crippen molar-refractivity contribution in [1.82, 2.24) is 0 Å². The molecule has 0 aliphatic heterocycles. The predicted octanol–water partition coefficient (Wildman–Crippen LogP) is 1.46. The number of rotatable bonds is 3. The first kappa shape index (κ1) is 10.4. The van der Waals surface area contributed by atoms with Gasteiger partial charge in [0.1, 0.15) is 18.1 Å². The van der Waals surface area contributed by atoms with Crippen LogP contribution in [0.15, 0.2) is 18.2 Å². The molecule has 1 N–H and O–H groups in total. The van der Waals surface area contributed by atoms with Crippen LogP contribution in [-0.4, -0.2) is 18.2 Å². The zero-order valence-electron chi connectivity index (χ0n) is 8.11. The summed E-state index contributed by atoms with van der Waals surface area (Å²) in [6.07, 6.45) is 0. The molecule has 0 aliphatic rings. The van der Waals surface area contributed by atoms with Crippen molar-refractivity contribution >= 4 is 5.97 Å². The van der Waals surface area contributed by atoms with Crippen LogP contribution in [0.4, 0.5) is 0 Å². The first-order valence-electron chi connectivity index (χ1n) is 4.12. The SMILES string of the molecule is COc1cc(O)cc(COC(C)=O)c1. The smallest absolute Gasteiger partial charge is 0.302 e. The van der Waals surface area contributed by atoms with Gasteiger partial charge in [0, 0.05) is 13.0 Å². The van der Waals surface area contributed by atoms with Crippen LogP contribution in [0.25, 0.3) is 0 Å². The molecule has 76 valence electrons. The molecule has 0 spiro atoms. The van der Waals surface area contributed by atoms with Crippen molar-refractivity contribution in [1.29, 1.82) is 0 Å². The van der Waals surface area contributed by atoms with Crippen LogP contribution in [0.1, 0.15) is 12.5 Å². The zero-order valence-corrected chi connectivity index (χ0v) is 8.11. The highest BCUT2D eigenvalue weighted by atomic mass is 16.5. The van der Waals surface area contributed by atoms with Gasteiger partial charge in [0.05, 0.1) is 7.11 Å². The van der Waals surface area contributed by atoms with Crippen LogP contribution in [-0.2, 0) is 16.1 Å². The van der Waals surface area contributed by atoms with E-state index >= 15 is 0 Å². The van der Waals surface area contributed by atoms with E-state index in [9.17, 15) is 9.90 Å². The summed E-state index contributed by atoms with van der Waals surface area (Å²) < 4.78 is 9.72. The molecule has 0 fully saturated rings. The van der Waals surface area contributed by atoms with Gasteiger partial charge in [-0.15, -0.1) is 0 Å². The Hall–Kier alpha value is -1.71. The molecular weight excluding hydrogens is 184 g/mol. The third-order valence-electron chi connectivity index (χ3n) is 1.63. The average molecular weight is 196 g/mol. The van der Waals surface area contributed by atoms with Crippen molar-refractivity contribution < 1.29 is 19.4 Å². The predicted molar refractivity (Wildman–Crippen MR) is 50.1 cm³/mol. The van der Waals surface area contributed by atoms with E-state index in [1.807, 2.05) is 0 Å². The van der Waals surface area contributed by atoms with Gasteiger partial charge in [-0.3, -0.25) is 4.79 Å². The number of hydrogen-bond acceptors (Lipinski definition) is 4.